The van der Waals surface area contributed by atoms with Crippen LogP contribution in [-0.4, -0.2) is 97.0 Å². The molecule has 0 spiro atoms. The lowest BCUT2D eigenvalue weighted by atomic mass is 9.98. The number of nitrogens with zero attached hydrogens (tertiary/aromatic N) is 11. The van der Waals surface area contributed by atoms with Gasteiger partial charge in [0.2, 0.25) is 23.7 Å². The summed E-state index contributed by atoms with van der Waals surface area (Å²) in [6.07, 6.45) is 7.49. The molecule has 2 aliphatic carbocycles. The van der Waals surface area contributed by atoms with Crippen molar-refractivity contribution in [3.8, 4) is 6.07 Å². The summed E-state index contributed by atoms with van der Waals surface area (Å²) in [5.41, 5.74) is 2.03. The lowest BCUT2D eigenvalue weighted by Crippen LogP contribution is -2.47. The number of hydrogen-bond acceptors (Lipinski definition) is 12. The second kappa shape index (κ2) is 18.7. The SMILES string of the molecule is CC.CC.N#Cc1cccnc1N1CCN(c2cccc3nc(NC(=O)C4CC4)nn23)CC1.O=C(Nc1nc2cccc(N3CCC(CO)CC3)n2n1)C1CC1. The summed E-state index contributed by atoms with van der Waals surface area (Å²) < 4.78 is 3.57. The first-order chi connectivity index (χ1) is 27.5. The number of carbonyl (C=O) groups is 2. The van der Waals surface area contributed by atoms with E-state index < -0.39 is 0 Å². The van der Waals surface area contributed by atoms with Crippen molar-refractivity contribution in [2.75, 3.05) is 71.2 Å². The number of carbonyl (C=O) groups excluding carboxylic acids is 2. The number of aliphatic hydroxyl groups excluding tert-OH is 1. The van der Waals surface area contributed by atoms with E-state index in [-0.39, 0.29) is 30.3 Å². The number of pyridine rings is 3. The smallest absolute Gasteiger partial charge is 0.249 e. The molecule has 0 radical (unpaired) electrons. The van der Waals surface area contributed by atoms with Crippen molar-refractivity contribution in [3.05, 3.63) is 60.3 Å². The molecular formula is C40H53N13O3. The van der Waals surface area contributed by atoms with Crippen molar-refractivity contribution < 1.29 is 14.7 Å². The van der Waals surface area contributed by atoms with Crippen molar-refractivity contribution in [2.45, 2.75) is 66.2 Å². The van der Waals surface area contributed by atoms with Crippen molar-refractivity contribution in [2.24, 2.45) is 17.8 Å². The Morgan fingerprint density at radius 1 is 0.696 bits per heavy atom. The largest absolute Gasteiger partial charge is 0.396 e. The number of aromatic nitrogens is 7. The minimum atomic E-state index is -0.000251. The lowest BCUT2D eigenvalue weighted by Gasteiger charge is -2.36. The van der Waals surface area contributed by atoms with Crippen LogP contribution in [0.1, 0.15) is 71.8 Å². The predicted molar refractivity (Wildman–Crippen MR) is 217 cm³/mol. The Bertz CT molecular complexity index is 2120. The minimum absolute atomic E-state index is 0.000251. The van der Waals surface area contributed by atoms with Gasteiger partial charge in [-0.25, -0.2) is 4.98 Å². The molecule has 9 rings (SSSR count). The average Bonchev–Trinajstić information content (AvgIpc) is 4.20. The monoisotopic (exact) mass is 763 g/mol. The zero-order valence-corrected chi connectivity index (χ0v) is 32.8. The molecule has 0 bridgehead atoms. The fraction of sp³-hybridized carbons (Fsp3) is 0.500. The van der Waals surface area contributed by atoms with E-state index in [1.165, 1.54) is 0 Å². The van der Waals surface area contributed by atoms with Gasteiger partial charge in [0.25, 0.3) is 0 Å². The predicted octanol–water partition coefficient (Wildman–Crippen LogP) is 5.01. The van der Waals surface area contributed by atoms with Gasteiger partial charge in [0.15, 0.2) is 11.3 Å². The van der Waals surface area contributed by atoms with E-state index in [4.69, 9.17) is 0 Å². The van der Waals surface area contributed by atoms with E-state index in [1.807, 2.05) is 64.1 Å². The number of nitriles is 1. The van der Waals surface area contributed by atoms with Crippen LogP contribution in [0.3, 0.4) is 0 Å². The quantitative estimate of drug-likeness (QED) is 0.192. The molecule has 2 aliphatic heterocycles. The molecule has 16 heteroatoms. The maximum absolute atomic E-state index is 12.0. The molecule has 16 nitrogen and oxygen atoms in total. The zero-order valence-electron chi connectivity index (χ0n) is 32.8. The standard InChI is InChI=1S/C20H20N8O.C16H21N5O2.2C2H6/c21-13-15-3-2-8-22-18(15)27-11-9-26(10-12-27)17-5-1-4-16-23-20(25-28(16)17)24-19(29)14-6-7-14;22-10-11-6-8-20(9-7-11)14-3-1-2-13-17-16(19-21(13)14)18-15(23)12-4-5-12;2*1-2/h1-5,8,14H,6-7,9-12H2,(H,24,25,29);1-3,11-12,22H,4-10H2,(H,18,19,23);2*1-2H3. The first-order valence-electron chi connectivity index (χ1n) is 20.0. The molecule has 0 atom stereocenters. The fourth-order valence-electron chi connectivity index (χ4n) is 6.71. The first kappa shape index (κ1) is 39.9. The summed E-state index contributed by atoms with van der Waals surface area (Å²) in [5.74, 6) is 4.04. The van der Waals surface area contributed by atoms with Crippen LogP contribution in [0.5, 0.6) is 0 Å². The third kappa shape index (κ3) is 9.34. The highest BCUT2D eigenvalue weighted by atomic mass is 16.3. The molecule has 3 N–H and O–H groups in total. The number of anilines is 5. The second-order valence-electron chi connectivity index (χ2n) is 13.8. The van der Waals surface area contributed by atoms with Gasteiger partial charge >= 0.3 is 0 Å². The topological polar surface area (TPSA) is 185 Å². The van der Waals surface area contributed by atoms with E-state index in [9.17, 15) is 20.0 Å². The summed E-state index contributed by atoms with van der Waals surface area (Å²) >= 11 is 0. The Morgan fingerprint density at radius 2 is 1.18 bits per heavy atom. The maximum atomic E-state index is 12.0. The van der Waals surface area contributed by atoms with Crippen LogP contribution in [0.2, 0.25) is 0 Å². The number of rotatable bonds is 8. The van der Waals surface area contributed by atoms with Crippen LogP contribution >= 0.6 is 0 Å². The van der Waals surface area contributed by atoms with Gasteiger partial charge in [-0.05, 0) is 80.8 Å². The van der Waals surface area contributed by atoms with Gasteiger partial charge in [-0.15, -0.1) is 10.2 Å². The van der Waals surface area contributed by atoms with E-state index in [0.717, 1.165) is 101 Å². The molecule has 0 aromatic carbocycles. The van der Waals surface area contributed by atoms with Crippen LogP contribution in [0.25, 0.3) is 11.3 Å². The molecule has 4 aliphatic rings. The highest BCUT2D eigenvalue weighted by molar-refractivity contribution is 5.93. The van der Waals surface area contributed by atoms with Gasteiger partial charge in [-0.3, -0.25) is 20.2 Å². The van der Waals surface area contributed by atoms with Crippen LogP contribution in [-0.2, 0) is 9.59 Å². The van der Waals surface area contributed by atoms with Crippen LogP contribution in [0.4, 0.5) is 29.4 Å². The van der Waals surface area contributed by atoms with Gasteiger partial charge in [-0.1, -0.05) is 39.8 Å². The van der Waals surface area contributed by atoms with Crippen LogP contribution in [0, 0.1) is 29.1 Å². The number of fused-ring (bicyclic) bond motifs is 2. The number of piperazine rings is 1. The van der Waals surface area contributed by atoms with Crippen molar-refractivity contribution in [1.82, 2.24) is 34.2 Å². The third-order valence-electron chi connectivity index (χ3n) is 10.1. The van der Waals surface area contributed by atoms with Gasteiger partial charge in [0.1, 0.15) is 23.5 Å². The van der Waals surface area contributed by atoms with Gasteiger partial charge in [0.05, 0.1) is 5.56 Å². The van der Waals surface area contributed by atoms with Crippen molar-refractivity contribution >= 4 is 52.5 Å². The van der Waals surface area contributed by atoms with E-state index in [2.05, 4.69) is 56.6 Å². The number of aliphatic hydroxyl groups is 1. The fourth-order valence-corrected chi connectivity index (χ4v) is 6.71. The Morgan fingerprint density at radius 3 is 1.64 bits per heavy atom. The Labute approximate surface area is 327 Å². The normalized spacial score (nSPS) is 16.8. The molecule has 296 valence electrons. The molecule has 4 fully saturated rings. The molecule has 2 amide bonds. The Balaban J connectivity index is 0.000000178. The van der Waals surface area contributed by atoms with E-state index in [1.54, 1.807) is 27.4 Å². The van der Waals surface area contributed by atoms with Gasteiger partial charge < -0.3 is 19.8 Å². The molecule has 7 heterocycles. The lowest BCUT2D eigenvalue weighted by molar-refractivity contribution is -0.118. The molecule has 2 saturated heterocycles. The Hall–Kier alpha value is -5.82. The number of amides is 2. The van der Waals surface area contributed by atoms with Crippen LogP contribution in [0.15, 0.2) is 54.7 Å². The summed E-state index contributed by atoms with van der Waals surface area (Å²) in [6.45, 7) is 13.1. The molecule has 5 aromatic heterocycles. The number of piperidine rings is 1. The van der Waals surface area contributed by atoms with Crippen molar-refractivity contribution in [1.29, 1.82) is 5.26 Å². The summed E-state index contributed by atoms with van der Waals surface area (Å²) in [4.78, 5) is 43.8. The maximum Gasteiger partial charge on any atom is 0.249 e. The summed E-state index contributed by atoms with van der Waals surface area (Å²) in [5, 5.41) is 33.2. The summed E-state index contributed by atoms with van der Waals surface area (Å²) in [6, 6.07) is 17.5. The first-order valence-corrected chi connectivity index (χ1v) is 20.0. The third-order valence-corrected chi connectivity index (χ3v) is 10.1. The van der Waals surface area contributed by atoms with Crippen molar-refractivity contribution in [3.63, 3.8) is 0 Å². The van der Waals surface area contributed by atoms with E-state index in [0.29, 0.717) is 29.0 Å². The van der Waals surface area contributed by atoms with Gasteiger partial charge in [-0.2, -0.15) is 24.3 Å². The molecule has 56 heavy (non-hydrogen) atoms. The molecule has 2 saturated carbocycles. The zero-order chi connectivity index (χ0) is 39.6. The Kier molecular flexibility index (Phi) is 13.3. The van der Waals surface area contributed by atoms with Gasteiger partial charge in [0, 0.05) is 63.9 Å². The summed E-state index contributed by atoms with van der Waals surface area (Å²) in [7, 11) is 0. The highest BCUT2D eigenvalue weighted by Gasteiger charge is 2.32. The molecular weight excluding hydrogens is 711 g/mol. The molecule has 5 aromatic rings. The number of hydrogen-bond donors (Lipinski definition) is 3. The molecule has 0 unspecified atom stereocenters. The minimum Gasteiger partial charge on any atom is -0.396 e. The van der Waals surface area contributed by atoms with E-state index >= 15 is 0 Å². The second-order valence-corrected chi connectivity index (χ2v) is 13.8. The number of nitrogens with one attached hydrogen (secondary N) is 2. The van der Waals surface area contributed by atoms with Crippen LogP contribution < -0.4 is 25.3 Å². The highest BCUT2D eigenvalue weighted by Crippen LogP contribution is 2.31. The average molecular weight is 764 g/mol.